The molecule has 1 fully saturated rings. The lowest BCUT2D eigenvalue weighted by Gasteiger charge is -2.20. The monoisotopic (exact) mass is 473 g/mol. The predicted octanol–water partition coefficient (Wildman–Crippen LogP) is 4.48. The summed E-state index contributed by atoms with van der Waals surface area (Å²) in [6, 6.07) is 20.4. The molecule has 1 heterocycles. The van der Waals surface area contributed by atoms with E-state index in [-0.39, 0.29) is 35.9 Å². The number of imidazole rings is 1. The van der Waals surface area contributed by atoms with Crippen LogP contribution in [-0.4, -0.2) is 15.5 Å². The Kier molecular flexibility index (Phi) is 6.66. The predicted molar refractivity (Wildman–Crippen MR) is 117 cm³/mol. The van der Waals surface area contributed by atoms with Gasteiger partial charge in [0.2, 0.25) is 5.91 Å². The van der Waals surface area contributed by atoms with Crippen molar-refractivity contribution in [2.45, 2.75) is 37.8 Å². The van der Waals surface area contributed by atoms with Crippen molar-refractivity contribution in [3.63, 3.8) is 0 Å². The minimum atomic E-state index is -0.0426. The highest BCUT2D eigenvalue weighted by atomic mass is 127. The minimum absolute atomic E-state index is 0. The third-order valence-corrected chi connectivity index (χ3v) is 4.82. The molecule has 1 atom stereocenters. The van der Waals surface area contributed by atoms with Gasteiger partial charge in [0.05, 0.1) is 6.04 Å². The third kappa shape index (κ3) is 5.19. The number of carbonyl (C=O) groups excluding carboxylic acids is 1. The van der Waals surface area contributed by atoms with E-state index in [0.29, 0.717) is 12.5 Å². The molecule has 1 aliphatic carbocycles. The van der Waals surface area contributed by atoms with Gasteiger partial charge >= 0.3 is 0 Å². The molecule has 4 nitrogen and oxygen atoms in total. The van der Waals surface area contributed by atoms with Crippen molar-refractivity contribution in [1.29, 1.82) is 0 Å². The van der Waals surface area contributed by atoms with Gasteiger partial charge in [-0.3, -0.25) is 4.79 Å². The Balaban J connectivity index is 0.00000210. The number of halogens is 1. The first-order chi connectivity index (χ1) is 12.8. The Labute approximate surface area is 177 Å². The van der Waals surface area contributed by atoms with Gasteiger partial charge in [0.15, 0.2) is 0 Å². The quantitative estimate of drug-likeness (QED) is 0.515. The summed E-state index contributed by atoms with van der Waals surface area (Å²) < 4.78 is 1.98. The van der Waals surface area contributed by atoms with Crippen molar-refractivity contribution in [2.75, 3.05) is 0 Å². The highest BCUT2D eigenvalue weighted by Gasteiger charge is 2.28. The van der Waals surface area contributed by atoms with Crippen LogP contribution in [0.2, 0.25) is 0 Å². The maximum absolute atomic E-state index is 12.7. The summed E-state index contributed by atoms with van der Waals surface area (Å²) in [6.07, 6.45) is 6.83. The van der Waals surface area contributed by atoms with Gasteiger partial charge in [-0.15, -0.1) is 24.0 Å². The van der Waals surface area contributed by atoms with Crippen molar-refractivity contribution < 1.29 is 4.79 Å². The van der Waals surface area contributed by atoms with E-state index < -0.39 is 0 Å². The van der Waals surface area contributed by atoms with E-state index >= 15 is 0 Å². The SMILES string of the molecule is I.O=C(Cn1ccnc1C1CC1)NC(Cc1ccccc1)c1ccccc1. The molecule has 27 heavy (non-hydrogen) atoms. The summed E-state index contributed by atoms with van der Waals surface area (Å²) in [5.74, 6) is 1.60. The molecule has 1 amide bonds. The molecule has 140 valence electrons. The first-order valence-corrected chi connectivity index (χ1v) is 9.19. The molecule has 3 aromatic rings. The number of amides is 1. The maximum Gasteiger partial charge on any atom is 0.240 e. The maximum atomic E-state index is 12.7. The van der Waals surface area contributed by atoms with Crippen molar-refractivity contribution >= 4 is 29.9 Å². The van der Waals surface area contributed by atoms with E-state index in [1.165, 1.54) is 18.4 Å². The zero-order valence-corrected chi connectivity index (χ0v) is 17.5. The molecule has 0 saturated heterocycles. The Hall–Kier alpha value is -2.15. The summed E-state index contributed by atoms with van der Waals surface area (Å²) >= 11 is 0. The number of nitrogens with one attached hydrogen (secondary N) is 1. The van der Waals surface area contributed by atoms with E-state index in [0.717, 1.165) is 17.8 Å². The molecule has 1 aromatic heterocycles. The summed E-state index contributed by atoms with van der Waals surface area (Å²) in [5.41, 5.74) is 2.33. The van der Waals surface area contributed by atoms with Crippen LogP contribution < -0.4 is 5.32 Å². The first kappa shape index (κ1) is 19.6. The van der Waals surface area contributed by atoms with E-state index in [9.17, 15) is 4.79 Å². The average molecular weight is 473 g/mol. The van der Waals surface area contributed by atoms with Crippen LogP contribution in [0.15, 0.2) is 73.1 Å². The van der Waals surface area contributed by atoms with Crippen molar-refractivity contribution in [3.8, 4) is 0 Å². The summed E-state index contributed by atoms with van der Waals surface area (Å²) in [5, 5.41) is 3.22. The van der Waals surface area contributed by atoms with Gasteiger partial charge in [-0.1, -0.05) is 60.7 Å². The molecular formula is C22H24IN3O. The highest BCUT2D eigenvalue weighted by Crippen LogP contribution is 2.38. The number of nitrogens with zero attached hydrogens (tertiary/aromatic N) is 2. The average Bonchev–Trinajstić information content (AvgIpc) is 3.42. The van der Waals surface area contributed by atoms with Crippen molar-refractivity contribution in [3.05, 3.63) is 90.0 Å². The number of rotatable bonds is 7. The smallest absolute Gasteiger partial charge is 0.240 e. The lowest BCUT2D eigenvalue weighted by Crippen LogP contribution is -2.33. The Morgan fingerprint density at radius 3 is 2.41 bits per heavy atom. The molecule has 1 saturated carbocycles. The fourth-order valence-electron chi connectivity index (χ4n) is 3.34. The van der Waals surface area contributed by atoms with Gasteiger partial charge in [-0.05, 0) is 30.4 Å². The van der Waals surface area contributed by atoms with Crippen LogP contribution in [0.3, 0.4) is 0 Å². The van der Waals surface area contributed by atoms with Crippen LogP contribution in [-0.2, 0) is 17.8 Å². The van der Waals surface area contributed by atoms with E-state index in [2.05, 4.69) is 34.6 Å². The van der Waals surface area contributed by atoms with E-state index in [1.54, 1.807) is 6.20 Å². The molecule has 1 unspecified atom stereocenters. The second kappa shape index (κ2) is 9.17. The fraction of sp³-hybridized carbons (Fsp3) is 0.273. The van der Waals surface area contributed by atoms with Gasteiger partial charge in [0.1, 0.15) is 12.4 Å². The zero-order valence-electron chi connectivity index (χ0n) is 15.1. The Morgan fingerprint density at radius 2 is 1.74 bits per heavy atom. The zero-order chi connectivity index (χ0) is 17.8. The van der Waals surface area contributed by atoms with Crippen LogP contribution in [0.4, 0.5) is 0 Å². The van der Waals surface area contributed by atoms with E-state index in [4.69, 9.17) is 0 Å². The molecule has 5 heteroatoms. The van der Waals surface area contributed by atoms with Gasteiger partial charge in [-0.2, -0.15) is 0 Å². The summed E-state index contributed by atoms with van der Waals surface area (Å²) in [6.45, 7) is 0.323. The molecular weight excluding hydrogens is 449 g/mol. The topological polar surface area (TPSA) is 46.9 Å². The lowest BCUT2D eigenvalue weighted by molar-refractivity contribution is -0.122. The number of hydrogen-bond acceptors (Lipinski definition) is 2. The Bertz CT molecular complexity index is 860. The normalized spacial score (nSPS) is 14.2. The van der Waals surface area contributed by atoms with Gasteiger partial charge in [0.25, 0.3) is 0 Å². The number of aromatic nitrogens is 2. The standard InChI is InChI=1S/C22H23N3O.HI/c26-21(16-25-14-13-23-22(25)19-11-12-19)24-20(18-9-5-2-6-10-18)15-17-7-3-1-4-8-17;/h1-10,13-14,19-20H,11-12,15-16H2,(H,24,26);1H. The molecule has 0 spiro atoms. The molecule has 1 N–H and O–H groups in total. The van der Waals surface area contributed by atoms with Crippen LogP contribution >= 0.6 is 24.0 Å². The Morgan fingerprint density at radius 1 is 1.07 bits per heavy atom. The van der Waals surface area contributed by atoms with E-state index in [1.807, 2.05) is 47.2 Å². The molecule has 1 aliphatic rings. The number of hydrogen-bond donors (Lipinski definition) is 1. The summed E-state index contributed by atoms with van der Waals surface area (Å²) in [4.78, 5) is 17.1. The lowest BCUT2D eigenvalue weighted by atomic mass is 9.99. The van der Waals surface area contributed by atoms with Gasteiger partial charge in [0, 0.05) is 18.3 Å². The second-order valence-electron chi connectivity index (χ2n) is 6.91. The number of benzene rings is 2. The van der Waals surface area contributed by atoms with Crippen LogP contribution in [0, 0.1) is 0 Å². The molecule has 0 aliphatic heterocycles. The van der Waals surface area contributed by atoms with Crippen molar-refractivity contribution in [2.24, 2.45) is 0 Å². The molecule has 0 radical (unpaired) electrons. The van der Waals surface area contributed by atoms with Crippen molar-refractivity contribution in [1.82, 2.24) is 14.9 Å². The number of carbonyl (C=O) groups is 1. The largest absolute Gasteiger partial charge is 0.347 e. The summed E-state index contributed by atoms with van der Waals surface area (Å²) in [7, 11) is 0. The van der Waals surface area contributed by atoms with Gasteiger partial charge in [-0.25, -0.2) is 4.98 Å². The van der Waals surface area contributed by atoms with Gasteiger partial charge < -0.3 is 9.88 Å². The fourth-order valence-corrected chi connectivity index (χ4v) is 3.34. The van der Waals surface area contributed by atoms with Crippen LogP contribution in [0.25, 0.3) is 0 Å². The third-order valence-electron chi connectivity index (χ3n) is 4.82. The van der Waals surface area contributed by atoms with Crippen LogP contribution in [0.1, 0.15) is 41.8 Å². The molecule has 0 bridgehead atoms. The minimum Gasteiger partial charge on any atom is -0.347 e. The molecule has 4 rings (SSSR count). The molecule has 2 aromatic carbocycles. The second-order valence-corrected chi connectivity index (χ2v) is 6.91. The highest BCUT2D eigenvalue weighted by molar-refractivity contribution is 14.0. The first-order valence-electron chi connectivity index (χ1n) is 9.19. The van der Waals surface area contributed by atoms with Crippen LogP contribution in [0.5, 0.6) is 0 Å².